The van der Waals surface area contributed by atoms with Crippen LogP contribution in [-0.4, -0.2) is 0 Å². The first-order valence-corrected chi connectivity index (χ1v) is 3.74. The maximum absolute atomic E-state index is 5.31. The van der Waals surface area contributed by atoms with E-state index >= 15 is 0 Å². The van der Waals surface area contributed by atoms with Crippen molar-refractivity contribution in [1.82, 2.24) is 0 Å². The smallest absolute Gasteiger partial charge is 0.157 e. The third-order valence-corrected chi connectivity index (χ3v) is 1.57. The van der Waals surface area contributed by atoms with E-state index in [1.165, 1.54) is 0 Å². The minimum atomic E-state index is 0.0982. The first-order valence-electron chi connectivity index (χ1n) is 3.29. The Morgan fingerprint density at radius 3 is 2.10 bits per heavy atom. The number of thiol groups is 1. The molecule has 1 heterocycles. The molecule has 0 aromatic carbocycles. The van der Waals surface area contributed by atoms with Crippen molar-refractivity contribution in [3.63, 3.8) is 0 Å². The molecule has 0 N–H and O–H groups in total. The van der Waals surface area contributed by atoms with E-state index in [0.717, 1.165) is 5.76 Å². The summed E-state index contributed by atoms with van der Waals surface area (Å²) in [5.74, 6) is 0.984. The summed E-state index contributed by atoms with van der Waals surface area (Å²) in [6, 6.07) is 3.83. The molecular formula is C8H12OS. The summed E-state index contributed by atoms with van der Waals surface area (Å²) >= 11 is 4.07. The average Bonchev–Trinajstić information content (AvgIpc) is 2.11. The largest absolute Gasteiger partial charge is 0.455 e. The van der Waals surface area contributed by atoms with Crippen molar-refractivity contribution in [3.8, 4) is 0 Å². The summed E-state index contributed by atoms with van der Waals surface area (Å²) in [5, 5.41) is 0.685. The van der Waals surface area contributed by atoms with Gasteiger partial charge in [-0.1, -0.05) is 20.8 Å². The van der Waals surface area contributed by atoms with Gasteiger partial charge in [0, 0.05) is 5.41 Å². The molecule has 0 aliphatic rings. The molecule has 0 saturated heterocycles. The van der Waals surface area contributed by atoms with Crippen molar-refractivity contribution in [1.29, 1.82) is 0 Å². The topological polar surface area (TPSA) is 13.1 Å². The molecule has 0 radical (unpaired) electrons. The zero-order valence-corrected chi connectivity index (χ0v) is 7.40. The van der Waals surface area contributed by atoms with Gasteiger partial charge in [-0.2, -0.15) is 0 Å². The van der Waals surface area contributed by atoms with Crippen molar-refractivity contribution in [3.05, 3.63) is 17.9 Å². The number of furan rings is 1. The maximum Gasteiger partial charge on any atom is 0.157 e. The lowest BCUT2D eigenvalue weighted by Crippen LogP contribution is -2.08. The molecule has 0 aliphatic carbocycles. The molecule has 56 valence electrons. The molecule has 1 nitrogen and oxygen atoms in total. The number of hydrogen-bond acceptors (Lipinski definition) is 2. The molecule has 0 spiro atoms. The molecular weight excluding hydrogens is 144 g/mol. The van der Waals surface area contributed by atoms with Crippen molar-refractivity contribution >= 4 is 12.6 Å². The van der Waals surface area contributed by atoms with Gasteiger partial charge in [0.1, 0.15) is 5.76 Å². The average molecular weight is 156 g/mol. The van der Waals surface area contributed by atoms with E-state index in [-0.39, 0.29) is 5.41 Å². The Hall–Kier alpha value is -0.370. The highest BCUT2D eigenvalue weighted by Crippen LogP contribution is 2.25. The predicted octanol–water partition coefficient (Wildman–Crippen LogP) is 2.87. The van der Waals surface area contributed by atoms with E-state index in [1.54, 1.807) is 0 Å². The minimum Gasteiger partial charge on any atom is -0.455 e. The lowest BCUT2D eigenvalue weighted by Gasteiger charge is -2.13. The first-order chi connectivity index (χ1) is 4.50. The van der Waals surface area contributed by atoms with E-state index in [1.807, 2.05) is 12.1 Å². The molecule has 0 unspecified atom stereocenters. The van der Waals surface area contributed by atoms with Crippen LogP contribution in [0.25, 0.3) is 0 Å². The Balaban J connectivity index is 2.96. The van der Waals surface area contributed by atoms with Gasteiger partial charge in [-0.05, 0) is 12.1 Å². The van der Waals surface area contributed by atoms with Gasteiger partial charge < -0.3 is 4.42 Å². The molecule has 0 amide bonds. The van der Waals surface area contributed by atoms with E-state index in [4.69, 9.17) is 4.42 Å². The molecule has 0 saturated carbocycles. The van der Waals surface area contributed by atoms with Gasteiger partial charge in [-0.25, -0.2) is 0 Å². The molecule has 1 aromatic heterocycles. The van der Waals surface area contributed by atoms with Crippen LogP contribution in [0.2, 0.25) is 0 Å². The molecule has 0 bridgehead atoms. The molecule has 0 fully saturated rings. The molecule has 1 rings (SSSR count). The van der Waals surface area contributed by atoms with Crippen LogP contribution in [0.1, 0.15) is 26.5 Å². The van der Waals surface area contributed by atoms with Crippen molar-refractivity contribution in [2.75, 3.05) is 0 Å². The highest BCUT2D eigenvalue weighted by molar-refractivity contribution is 7.80. The standard InChI is InChI=1S/C8H12OS/c1-8(2,3)6-4-5-7(10)9-6/h4-5,10H,1-3H3. The van der Waals surface area contributed by atoms with Gasteiger partial charge in [-0.15, -0.1) is 12.6 Å². The second kappa shape index (κ2) is 2.35. The van der Waals surface area contributed by atoms with Gasteiger partial charge in [0.2, 0.25) is 0 Å². The number of hydrogen-bond donors (Lipinski definition) is 1. The van der Waals surface area contributed by atoms with Crippen LogP contribution >= 0.6 is 12.6 Å². The van der Waals surface area contributed by atoms with Crippen molar-refractivity contribution in [2.24, 2.45) is 0 Å². The lowest BCUT2D eigenvalue weighted by atomic mass is 9.94. The van der Waals surface area contributed by atoms with E-state index in [2.05, 4.69) is 33.4 Å². The van der Waals surface area contributed by atoms with Crippen molar-refractivity contribution < 1.29 is 4.42 Å². The molecule has 1 aromatic rings. The number of rotatable bonds is 0. The van der Waals surface area contributed by atoms with Gasteiger partial charge in [-0.3, -0.25) is 0 Å². The second-order valence-corrected chi connectivity index (χ2v) is 3.83. The lowest BCUT2D eigenvalue weighted by molar-refractivity contribution is 0.363. The fourth-order valence-electron chi connectivity index (χ4n) is 0.731. The van der Waals surface area contributed by atoms with Crippen LogP contribution < -0.4 is 0 Å². The molecule has 0 aliphatic heterocycles. The van der Waals surface area contributed by atoms with E-state index in [9.17, 15) is 0 Å². The quantitative estimate of drug-likeness (QED) is 0.570. The predicted molar refractivity (Wildman–Crippen MR) is 44.7 cm³/mol. The molecule has 0 atom stereocenters. The minimum absolute atomic E-state index is 0.0982. The highest BCUT2D eigenvalue weighted by atomic mass is 32.1. The summed E-state index contributed by atoms with van der Waals surface area (Å²) in [7, 11) is 0. The van der Waals surface area contributed by atoms with Crippen LogP contribution in [0.15, 0.2) is 21.6 Å². The van der Waals surface area contributed by atoms with Crippen molar-refractivity contribution in [2.45, 2.75) is 31.3 Å². The Bertz CT molecular complexity index is 219. The molecule has 2 heteroatoms. The Morgan fingerprint density at radius 2 is 1.90 bits per heavy atom. The third kappa shape index (κ3) is 1.57. The summed E-state index contributed by atoms with van der Waals surface area (Å²) in [6.45, 7) is 6.33. The summed E-state index contributed by atoms with van der Waals surface area (Å²) in [5.41, 5.74) is 0.0982. The zero-order chi connectivity index (χ0) is 7.78. The van der Waals surface area contributed by atoms with Crippen LogP contribution in [0.4, 0.5) is 0 Å². The summed E-state index contributed by atoms with van der Waals surface area (Å²) in [6.07, 6.45) is 0. The van der Waals surface area contributed by atoms with Crippen LogP contribution in [-0.2, 0) is 5.41 Å². The Morgan fingerprint density at radius 1 is 1.30 bits per heavy atom. The zero-order valence-electron chi connectivity index (χ0n) is 6.51. The fraction of sp³-hybridized carbons (Fsp3) is 0.500. The first kappa shape index (κ1) is 7.73. The summed E-state index contributed by atoms with van der Waals surface area (Å²) in [4.78, 5) is 0. The maximum atomic E-state index is 5.31. The third-order valence-electron chi connectivity index (χ3n) is 1.33. The molecule has 10 heavy (non-hydrogen) atoms. The SMILES string of the molecule is CC(C)(C)c1ccc(S)o1. The highest BCUT2D eigenvalue weighted by Gasteiger charge is 2.16. The Labute approximate surface area is 66.8 Å². The van der Waals surface area contributed by atoms with Crippen LogP contribution in [0, 0.1) is 0 Å². The van der Waals surface area contributed by atoms with Crippen LogP contribution in [0.5, 0.6) is 0 Å². The van der Waals surface area contributed by atoms with Crippen LogP contribution in [0.3, 0.4) is 0 Å². The Kier molecular flexibility index (Phi) is 1.82. The van der Waals surface area contributed by atoms with Gasteiger partial charge >= 0.3 is 0 Å². The summed E-state index contributed by atoms with van der Waals surface area (Å²) < 4.78 is 5.31. The van der Waals surface area contributed by atoms with Gasteiger partial charge in [0.05, 0.1) is 0 Å². The van der Waals surface area contributed by atoms with E-state index < -0.39 is 0 Å². The van der Waals surface area contributed by atoms with Gasteiger partial charge in [0.15, 0.2) is 5.09 Å². The normalized spacial score (nSPS) is 12.0. The fourth-order valence-corrected chi connectivity index (χ4v) is 0.904. The monoisotopic (exact) mass is 156 g/mol. The van der Waals surface area contributed by atoms with Gasteiger partial charge in [0.25, 0.3) is 0 Å². The second-order valence-electron chi connectivity index (χ2n) is 3.39. The van der Waals surface area contributed by atoms with E-state index in [0.29, 0.717) is 5.09 Å².